The van der Waals surface area contributed by atoms with Crippen molar-refractivity contribution in [1.82, 2.24) is 10.2 Å². The number of carboxylic acids is 1. The summed E-state index contributed by atoms with van der Waals surface area (Å²) in [6, 6.07) is -0.318. The molecule has 2 N–H and O–H groups in total. The van der Waals surface area contributed by atoms with Crippen LogP contribution < -0.4 is 5.32 Å². The van der Waals surface area contributed by atoms with E-state index in [9.17, 15) is 9.59 Å². The number of urea groups is 1. The van der Waals surface area contributed by atoms with Crippen molar-refractivity contribution in [2.24, 2.45) is 5.92 Å². The van der Waals surface area contributed by atoms with E-state index in [2.05, 4.69) is 11.2 Å². The summed E-state index contributed by atoms with van der Waals surface area (Å²) in [6.07, 6.45) is 7.32. The van der Waals surface area contributed by atoms with E-state index in [-0.39, 0.29) is 19.1 Å². The number of hydrogen-bond donors (Lipinski definition) is 2. The first-order valence-electron chi connectivity index (χ1n) is 5.25. The summed E-state index contributed by atoms with van der Waals surface area (Å²) in [6.45, 7) is 1.56. The third-order valence-corrected chi connectivity index (χ3v) is 2.58. The van der Waals surface area contributed by atoms with Crippen LogP contribution in [0.5, 0.6) is 0 Å². The molecule has 1 aliphatic rings. The molecule has 0 aromatic carbocycles. The zero-order valence-electron chi connectivity index (χ0n) is 9.27. The summed E-state index contributed by atoms with van der Waals surface area (Å²) in [4.78, 5) is 23.3. The normalized spacial score (nSPS) is 16.0. The van der Waals surface area contributed by atoms with Crippen LogP contribution in [0.3, 0.4) is 0 Å². The van der Waals surface area contributed by atoms with Gasteiger partial charge in [0.1, 0.15) is 6.54 Å². The molecule has 2 amide bonds. The lowest BCUT2D eigenvalue weighted by Gasteiger charge is -2.21. The average Bonchev–Trinajstić information content (AvgIpc) is 2.99. The summed E-state index contributed by atoms with van der Waals surface area (Å²) in [5.74, 6) is 1.74. The Kier molecular flexibility index (Phi) is 4.18. The van der Waals surface area contributed by atoms with E-state index in [1.807, 2.05) is 6.92 Å². The van der Waals surface area contributed by atoms with Gasteiger partial charge in [-0.3, -0.25) is 4.79 Å². The summed E-state index contributed by atoms with van der Waals surface area (Å²) < 4.78 is 0. The fourth-order valence-corrected chi connectivity index (χ4v) is 1.47. The number of aliphatic carboxylic acids is 1. The molecule has 1 saturated carbocycles. The highest BCUT2D eigenvalue weighted by molar-refractivity contribution is 5.80. The van der Waals surface area contributed by atoms with Gasteiger partial charge in [0.15, 0.2) is 0 Å². The zero-order chi connectivity index (χ0) is 12.1. The molecule has 1 aliphatic carbocycles. The monoisotopic (exact) mass is 224 g/mol. The standard InChI is InChI=1S/C11H16N2O3/c1-3-6-13(7-10(14)15)11(16)12-8(2)9-4-5-9/h1,8-9H,4-7H2,2H3,(H,12,16)(H,14,15). The largest absolute Gasteiger partial charge is 0.480 e. The maximum atomic E-state index is 11.7. The Bertz CT molecular complexity index is 318. The molecule has 5 heteroatoms. The van der Waals surface area contributed by atoms with Gasteiger partial charge in [-0.05, 0) is 25.7 Å². The molecule has 1 atom stereocenters. The van der Waals surface area contributed by atoms with Gasteiger partial charge in [0.25, 0.3) is 0 Å². The number of hydrogen-bond acceptors (Lipinski definition) is 2. The van der Waals surface area contributed by atoms with Crippen LogP contribution in [-0.4, -0.2) is 41.1 Å². The highest BCUT2D eigenvalue weighted by atomic mass is 16.4. The summed E-state index contributed by atoms with van der Waals surface area (Å²) >= 11 is 0. The quantitative estimate of drug-likeness (QED) is 0.669. The summed E-state index contributed by atoms with van der Waals surface area (Å²) in [5, 5.41) is 11.4. The number of carboxylic acid groups (broad SMARTS) is 1. The fraction of sp³-hybridized carbons (Fsp3) is 0.636. The van der Waals surface area contributed by atoms with E-state index in [0.717, 1.165) is 17.7 Å². The Balaban J connectivity index is 2.45. The van der Waals surface area contributed by atoms with Crippen LogP contribution in [-0.2, 0) is 4.79 Å². The zero-order valence-corrected chi connectivity index (χ0v) is 9.27. The van der Waals surface area contributed by atoms with Gasteiger partial charge in [0, 0.05) is 6.04 Å². The Hall–Kier alpha value is -1.70. The van der Waals surface area contributed by atoms with Gasteiger partial charge in [0.05, 0.1) is 6.54 Å². The van der Waals surface area contributed by atoms with E-state index in [1.54, 1.807) is 0 Å². The molecule has 88 valence electrons. The number of rotatable bonds is 5. The molecule has 0 aromatic heterocycles. The molecular weight excluding hydrogens is 208 g/mol. The predicted molar refractivity (Wildman–Crippen MR) is 58.8 cm³/mol. The molecule has 0 heterocycles. The van der Waals surface area contributed by atoms with Gasteiger partial charge in [-0.2, -0.15) is 0 Å². The first kappa shape index (κ1) is 12.4. The van der Waals surface area contributed by atoms with Crippen LogP contribution in [0.25, 0.3) is 0 Å². The lowest BCUT2D eigenvalue weighted by Crippen LogP contribution is -2.46. The Labute approximate surface area is 94.8 Å². The molecule has 1 unspecified atom stereocenters. The minimum absolute atomic E-state index is 0.00944. The second-order valence-electron chi connectivity index (χ2n) is 4.03. The molecule has 16 heavy (non-hydrogen) atoms. The van der Waals surface area contributed by atoms with Crippen LogP contribution in [0.4, 0.5) is 4.79 Å². The molecule has 5 nitrogen and oxygen atoms in total. The van der Waals surface area contributed by atoms with Crippen LogP contribution in [0, 0.1) is 18.3 Å². The molecule has 1 rings (SSSR count). The molecule has 0 bridgehead atoms. The molecule has 0 aromatic rings. The first-order valence-corrected chi connectivity index (χ1v) is 5.25. The Morgan fingerprint density at radius 1 is 1.62 bits per heavy atom. The van der Waals surface area contributed by atoms with E-state index in [4.69, 9.17) is 11.5 Å². The second kappa shape index (κ2) is 5.40. The Morgan fingerprint density at radius 2 is 2.25 bits per heavy atom. The van der Waals surface area contributed by atoms with E-state index in [0.29, 0.717) is 5.92 Å². The number of amides is 2. The van der Waals surface area contributed by atoms with Crippen molar-refractivity contribution in [3.63, 3.8) is 0 Å². The predicted octanol–water partition coefficient (Wildman–Crippen LogP) is 0.514. The van der Waals surface area contributed by atoms with Gasteiger partial charge in [-0.15, -0.1) is 6.42 Å². The van der Waals surface area contributed by atoms with Gasteiger partial charge in [0.2, 0.25) is 0 Å². The van der Waals surface area contributed by atoms with E-state index in [1.165, 1.54) is 0 Å². The lowest BCUT2D eigenvalue weighted by atomic mass is 10.2. The van der Waals surface area contributed by atoms with Crippen LogP contribution in [0.1, 0.15) is 19.8 Å². The molecule has 0 radical (unpaired) electrons. The van der Waals surface area contributed by atoms with Crippen LogP contribution >= 0.6 is 0 Å². The number of terminal acetylenes is 1. The summed E-state index contributed by atoms with van der Waals surface area (Å²) in [7, 11) is 0. The smallest absolute Gasteiger partial charge is 0.323 e. The average molecular weight is 224 g/mol. The van der Waals surface area contributed by atoms with Crippen molar-refractivity contribution in [2.75, 3.05) is 13.1 Å². The summed E-state index contributed by atoms with van der Waals surface area (Å²) in [5.41, 5.74) is 0. The third kappa shape index (κ3) is 3.81. The van der Waals surface area contributed by atoms with Gasteiger partial charge in [-0.1, -0.05) is 5.92 Å². The van der Waals surface area contributed by atoms with Crippen LogP contribution in [0.15, 0.2) is 0 Å². The number of nitrogens with zero attached hydrogens (tertiary/aromatic N) is 1. The number of carbonyl (C=O) groups excluding carboxylic acids is 1. The first-order chi connectivity index (χ1) is 7.54. The lowest BCUT2D eigenvalue weighted by molar-refractivity contribution is -0.137. The highest BCUT2D eigenvalue weighted by Crippen LogP contribution is 2.32. The fourth-order valence-electron chi connectivity index (χ4n) is 1.47. The molecular formula is C11H16N2O3. The van der Waals surface area contributed by atoms with Crippen molar-refractivity contribution < 1.29 is 14.7 Å². The molecule has 0 saturated heterocycles. The van der Waals surface area contributed by atoms with Gasteiger partial charge < -0.3 is 15.3 Å². The topological polar surface area (TPSA) is 69.6 Å². The molecule has 1 fully saturated rings. The minimum atomic E-state index is -1.07. The third-order valence-electron chi connectivity index (χ3n) is 2.58. The van der Waals surface area contributed by atoms with Gasteiger partial charge >= 0.3 is 12.0 Å². The molecule has 0 aliphatic heterocycles. The van der Waals surface area contributed by atoms with E-state index < -0.39 is 12.0 Å². The van der Waals surface area contributed by atoms with Crippen molar-refractivity contribution in [3.8, 4) is 12.3 Å². The van der Waals surface area contributed by atoms with Crippen molar-refractivity contribution in [1.29, 1.82) is 0 Å². The maximum absolute atomic E-state index is 11.7. The minimum Gasteiger partial charge on any atom is -0.480 e. The van der Waals surface area contributed by atoms with Crippen LogP contribution in [0.2, 0.25) is 0 Å². The SMILES string of the molecule is C#CCN(CC(=O)O)C(=O)NC(C)C1CC1. The van der Waals surface area contributed by atoms with Gasteiger partial charge in [-0.25, -0.2) is 4.79 Å². The van der Waals surface area contributed by atoms with E-state index >= 15 is 0 Å². The van der Waals surface area contributed by atoms with Crippen molar-refractivity contribution in [2.45, 2.75) is 25.8 Å². The number of carbonyl (C=O) groups is 2. The maximum Gasteiger partial charge on any atom is 0.323 e. The Morgan fingerprint density at radius 3 is 2.69 bits per heavy atom. The second-order valence-corrected chi connectivity index (χ2v) is 4.03. The highest BCUT2D eigenvalue weighted by Gasteiger charge is 2.30. The molecule has 0 spiro atoms. The number of nitrogens with one attached hydrogen (secondary N) is 1. The van der Waals surface area contributed by atoms with Crippen molar-refractivity contribution >= 4 is 12.0 Å². The van der Waals surface area contributed by atoms with Crippen molar-refractivity contribution in [3.05, 3.63) is 0 Å².